The zero-order chi connectivity index (χ0) is 22.7. The van der Waals surface area contributed by atoms with Crippen LogP contribution in [0, 0.1) is 0 Å². The first kappa shape index (κ1) is 21.2. The van der Waals surface area contributed by atoms with Gasteiger partial charge in [0.15, 0.2) is 0 Å². The Bertz CT molecular complexity index is 1160. The molecule has 1 aliphatic rings. The summed E-state index contributed by atoms with van der Waals surface area (Å²) in [6.45, 7) is -2.95. The largest absolute Gasteiger partial charge is 0.573 e. The van der Waals surface area contributed by atoms with Crippen LogP contribution in [0.2, 0.25) is 0 Å². The maximum atomic E-state index is 12.6. The van der Waals surface area contributed by atoms with Crippen LogP contribution in [0.15, 0.2) is 79.1 Å². The Hall–Kier alpha value is -4.02. The number of hydrogen-bond acceptors (Lipinski definition) is 5. The van der Waals surface area contributed by atoms with Crippen LogP contribution < -0.4 is 19.9 Å². The molecule has 0 radical (unpaired) electrons. The second-order valence-electron chi connectivity index (χ2n) is 6.45. The van der Waals surface area contributed by atoms with Gasteiger partial charge < -0.3 is 9.47 Å². The van der Waals surface area contributed by atoms with E-state index in [0.717, 1.165) is 0 Å². The van der Waals surface area contributed by atoms with Gasteiger partial charge in [-0.15, -0.1) is 13.2 Å². The highest BCUT2D eigenvalue weighted by Crippen LogP contribution is 2.28. The molecule has 0 atom stereocenters. The quantitative estimate of drug-likeness (QED) is 0.520. The predicted molar refractivity (Wildman–Crippen MR) is 106 cm³/mol. The number of rotatable bonds is 6. The number of ether oxygens (including phenoxy) is 2. The van der Waals surface area contributed by atoms with Crippen molar-refractivity contribution < 1.29 is 31.4 Å². The number of aromatic nitrogens is 2. The molecule has 166 valence electrons. The van der Waals surface area contributed by atoms with Crippen molar-refractivity contribution in [3.8, 4) is 17.2 Å². The van der Waals surface area contributed by atoms with E-state index < -0.39 is 13.0 Å². The van der Waals surface area contributed by atoms with E-state index in [1.54, 1.807) is 47.6 Å². The molecule has 0 bridgehead atoms. The molecule has 0 saturated carbocycles. The summed E-state index contributed by atoms with van der Waals surface area (Å²) in [6, 6.07) is 13.2. The van der Waals surface area contributed by atoms with Crippen molar-refractivity contribution in [1.29, 1.82) is 0 Å². The Morgan fingerprint density at radius 2 is 1.66 bits per heavy atom. The van der Waals surface area contributed by atoms with Crippen molar-refractivity contribution in [3.63, 3.8) is 0 Å². The Labute approximate surface area is 178 Å². The van der Waals surface area contributed by atoms with Crippen molar-refractivity contribution >= 4 is 11.4 Å². The van der Waals surface area contributed by atoms with E-state index in [1.165, 1.54) is 41.2 Å². The summed E-state index contributed by atoms with van der Waals surface area (Å²) in [5.74, 6) is -0.380. The van der Waals surface area contributed by atoms with Crippen LogP contribution in [0.4, 0.5) is 27.6 Å². The van der Waals surface area contributed by atoms with E-state index in [2.05, 4.69) is 20.0 Å². The van der Waals surface area contributed by atoms with E-state index in [-0.39, 0.29) is 11.5 Å². The second-order valence-corrected chi connectivity index (χ2v) is 6.45. The lowest BCUT2D eigenvalue weighted by molar-refractivity contribution is -0.274. The van der Waals surface area contributed by atoms with E-state index in [0.29, 0.717) is 22.8 Å². The highest BCUT2D eigenvalue weighted by atomic mass is 19.4. The monoisotopic (exact) mass is 450 g/mol. The van der Waals surface area contributed by atoms with Gasteiger partial charge in [-0.2, -0.15) is 13.9 Å². The second kappa shape index (κ2) is 8.61. The smallest absolute Gasteiger partial charge is 0.435 e. The minimum atomic E-state index is -4.81. The molecule has 1 N–H and O–H groups in total. The summed E-state index contributed by atoms with van der Waals surface area (Å²) in [5.41, 5.74) is 5.09. The van der Waals surface area contributed by atoms with Crippen LogP contribution in [-0.2, 0) is 0 Å². The lowest BCUT2D eigenvalue weighted by Gasteiger charge is -2.27. The molecule has 2 aromatic carbocycles. The molecule has 11 heteroatoms. The SMILES string of the molecule is FC(F)Oc1cccc(N2C=CC=C(c3ccnn3-c3cccc(OC(F)(F)F)c3)N2)c1. The maximum Gasteiger partial charge on any atom is 0.573 e. The summed E-state index contributed by atoms with van der Waals surface area (Å²) in [6.07, 6.45) is 1.80. The van der Waals surface area contributed by atoms with Crippen LogP contribution in [0.3, 0.4) is 0 Å². The zero-order valence-corrected chi connectivity index (χ0v) is 16.1. The summed E-state index contributed by atoms with van der Waals surface area (Å²) in [7, 11) is 0. The Morgan fingerprint density at radius 1 is 0.938 bits per heavy atom. The number of hydrogen-bond donors (Lipinski definition) is 1. The van der Waals surface area contributed by atoms with Gasteiger partial charge in [0.1, 0.15) is 11.5 Å². The fourth-order valence-corrected chi connectivity index (χ4v) is 3.06. The van der Waals surface area contributed by atoms with E-state index in [9.17, 15) is 22.0 Å². The standard InChI is InChI=1S/C21H15F5N4O2/c22-20(23)31-16-6-1-4-14(12-16)29-11-3-8-18(28-29)19-9-10-27-30(19)15-5-2-7-17(13-15)32-21(24,25)26/h1-13,20,28H. The van der Waals surface area contributed by atoms with Gasteiger partial charge in [0.25, 0.3) is 0 Å². The fourth-order valence-electron chi connectivity index (χ4n) is 3.06. The molecule has 0 unspecified atom stereocenters. The molecule has 1 aromatic heterocycles. The zero-order valence-electron chi connectivity index (χ0n) is 16.1. The van der Waals surface area contributed by atoms with Crippen LogP contribution in [0.25, 0.3) is 11.4 Å². The van der Waals surface area contributed by atoms with Gasteiger partial charge in [-0.25, -0.2) is 4.68 Å². The molecule has 0 amide bonds. The molecule has 4 rings (SSSR count). The number of nitrogens with one attached hydrogen (secondary N) is 1. The first-order valence-electron chi connectivity index (χ1n) is 9.18. The average Bonchev–Trinajstić information content (AvgIpc) is 3.23. The third-order valence-electron chi connectivity index (χ3n) is 4.27. The van der Waals surface area contributed by atoms with Crippen LogP contribution >= 0.6 is 0 Å². The lowest BCUT2D eigenvalue weighted by Crippen LogP contribution is -2.34. The number of hydrazine groups is 1. The van der Waals surface area contributed by atoms with Gasteiger partial charge in [-0.05, 0) is 42.5 Å². The van der Waals surface area contributed by atoms with Crippen LogP contribution in [0.5, 0.6) is 11.5 Å². The Morgan fingerprint density at radius 3 is 2.41 bits per heavy atom. The molecule has 0 aliphatic carbocycles. The van der Waals surface area contributed by atoms with Crippen molar-refractivity contribution in [3.05, 3.63) is 84.8 Å². The summed E-state index contributed by atoms with van der Waals surface area (Å²) >= 11 is 0. The highest BCUT2D eigenvalue weighted by Gasteiger charge is 2.31. The number of allylic oxidation sites excluding steroid dienone is 2. The lowest BCUT2D eigenvalue weighted by atomic mass is 10.2. The molecule has 1 aliphatic heterocycles. The molecule has 0 spiro atoms. The molecule has 32 heavy (non-hydrogen) atoms. The van der Waals surface area contributed by atoms with E-state index in [1.807, 2.05) is 0 Å². The van der Waals surface area contributed by atoms with Crippen molar-refractivity contribution in [2.24, 2.45) is 0 Å². The number of halogens is 5. The molecular formula is C21H15F5N4O2. The fraction of sp³-hybridized carbons (Fsp3) is 0.0952. The van der Waals surface area contributed by atoms with Gasteiger partial charge >= 0.3 is 13.0 Å². The van der Waals surface area contributed by atoms with Crippen LogP contribution in [-0.4, -0.2) is 22.8 Å². The third kappa shape index (κ3) is 4.99. The Balaban J connectivity index is 1.58. The number of benzene rings is 2. The summed E-state index contributed by atoms with van der Waals surface area (Å²) < 4.78 is 72.6. The number of anilines is 1. The average molecular weight is 450 g/mol. The minimum Gasteiger partial charge on any atom is -0.435 e. The third-order valence-corrected chi connectivity index (χ3v) is 4.27. The Kier molecular flexibility index (Phi) is 5.71. The van der Waals surface area contributed by atoms with E-state index >= 15 is 0 Å². The van der Waals surface area contributed by atoms with Gasteiger partial charge in [0.05, 0.1) is 29.0 Å². The molecule has 6 nitrogen and oxygen atoms in total. The summed E-state index contributed by atoms with van der Waals surface area (Å²) in [4.78, 5) is 0. The van der Waals surface area contributed by atoms with Crippen molar-refractivity contribution in [2.75, 3.05) is 5.01 Å². The predicted octanol–water partition coefficient (Wildman–Crippen LogP) is 5.25. The van der Waals surface area contributed by atoms with Crippen LogP contribution in [0.1, 0.15) is 5.69 Å². The van der Waals surface area contributed by atoms with E-state index in [4.69, 9.17) is 0 Å². The maximum absolute atomic E-state index is 12.6. The molecule has 0 fully saturated rings. The summed E-state index contributed by atoms with van der Waals surface area (Å²) in [5, 5.41) is 5.77. The normalized spacial score (nSPS) is 13.7. The number of nitrogens with zero attached hydrogens (tertiary/aromatic N) is 3. The first-order valence-corrected chi connectivity index (χ1v) is 9.18. The molecule has 3 aromatic rings. The van der Waals surface area contributed by atoms with Gasteiger partial charge in [-0.1, -0.05) is 12.1 Å². The first-order chi connectivity index (χ1) is 15.3. The van der Waals surface area contributed by atoms with Gasteiger partial charge in [0.2, 0.25) is 0 Å². The number of alkyl halides is 5. The molecular weight excluding hydrogens is 435 g/mol. The molecule has 2 heterocycles. The van der Waals surface area contributed by atoms with Gasteiger partial charge in [0, 0.05) is 18.3 Å². The molecule has 0 saturated heterocycles. The van der Waals surface area contributed by atoms with Gasteiger partial charge in [-0.3, -0.25) is 10.4 Å². The highest BCUT2D eigenvalue weighted by molar-refractivity contribution is 5.69. The van der Waals surface area contributed by atoms with Crippen molar-refractivity contribution in [2.45, 2.75) is 13.0 Å². The topological polar surface area (TPSA) is 51.5 Å². The minimum absolute atomic E-state index is 0.00433. The van der Waals surface area contributed by atoms with Crippen molar-refractivity contribution in [1.82, 2.24) is 15.2 Å².